The Bertz CT molecular complexity index is 579. The molecule has 2 aromatic rings. The van der Waals surface area contributed by atoms with E-state index in [0.717, 1.165) is 0 Å². The number of benzene rings is 2. The molecule has 0 aromatic heterocycles. The lowest BCUT2D eigenvalue weighted by Gasteiger charge is -2.25. The van der Waals surface area contributed by atoms with E-state index in [0.29, 0.717) is 33.7 Å². The van der Waals surface area contributed by atoms with Crippen molar-refractivity contribution in [1.29, 1.82) is 0 Å². The van der Waals surface area contributed by atoms with Gasteiger partial charge >= 0.3 is 0 Å². The molecule has 2 nitrogen and oxygen atoms in total. The van der Waals surface area contributed by atoms with Crippen molar-refractivity contribution in [3.8, 4) is 0 Å². The minimum Gasteiger partial charge on any atom is -0.399 e. The second-order valence-corrected chi connectivity index (χ2v) is 4.87. The number of anilines is 3. The van der Waals surface area contributed by atoms with E-state index in [1.807, 2.05) is 11.8 Å². The number of nitrogens with zero attached hydrogens (tertiary/aromatic N) is 1. The molecule has 0 heterocycles. The average Bonchev–Trinajstić information content (AvgIpc) is 2.33. The Hall–Kier alpha value is -1.45. The van der Waals surface area contributed by atoms with Crippen LogP contribution in [-0.4, -0.2) is 6.54 Å². The molecule has 0 aliphatic rings. The third-order valence-electron chi connectivity index (χ3n) is 2.75. The van der Waals surface area contributed by atoms with Crippen molar-refractivity contribution in [1.82, 2.24) is 0 Å². The summed E-state index contributed by atoms with van der Waals surface area (Å²) in [7, 11) is 0. The summed E-state index contributed by atoms with van der Waals surface area (Å²) in [6.07, 6.45) is 0. The third kappa shape index (κ3) is 2.94. The Kier molecular flexibility index (Phi) is 4.17. The lowest BCUT2D eigenvalue weighted by Crippen LogP contribution is -2.17. The SMILES string of the molecule is CCN(c1cccc(F)c1)c1c(Cl)cc(N)cc1Cl. The lowest BCUT2D eigenvalue weighted by atomic mass is 10.2. The van der Waals surface area contributed by atoms with E-state index in [4.69, 9.17) is 28.9 Å². The van der Waals surface area contributed by atoms with Crippen LogP contribution >= 0.6 is 23.2 Å². The van der Waals surface area contributed by atoms with Crippen molar-refractivity contribution < 1.29 is 4.39 Å². The fraction of sp³-hybridized carbons (Fsp3) is 0.143. The number of nitrogen functional groups attached to an aromatic ring is 1. The maximum atomic E-state index is 13.3. The molecule has 0 aliphatic heterocycles. The van der Waals surface area contributed by atoms with E-state index in [2.05, 4.69) is 0 Å². The maximum absolute atomic E-state index is 13.3. The molecule has 5 heteroatoms. The number of halogens is 3. The monoisotopic (exact) mass is 298 g/mol. The Morgan fingerprint density at radius 2 is 1.79 bits per heavy atom. The molecule has 0 fully saturated rings. The van der Waals surface area contributed by atoms with Crippen LogP contribution in [0.1, 0.15) is 6.92 Å². The Balaban J connectivity index is 2.54. The van der Waals surface area contributed by atoms with Crippen molar-refractivity contribution in [2.45, 2.75) is 6.92 Å². The number of nitrogens with two attached hydrogens (primary N) is 1. The van der Waals surface area contributed by atoms with Crippen molar-refractivity contribution in [3.05, 3.63) is 52.3 Å². The number of hydrogen-bond donors (Lipinski definition) is 1. The van der Waals surface area contributed by atoms with Crippen molar-refractivity contribution in [2.24, 2.45) is 0 Å². The van der Waals surface area contributed by atoms with Gasteiger partial charge in [-0.1, -0.05) is 29.3 Å². The van der Waals surface area contributed by atoms with E-state index in [1.54, 1.807) is 24.3 Å². The van der Waals surface area contributed by atoms with Crippen LogP contribution in [0.3, 0.4) is 0 Å². The normalized spacial score (nSPS) is 10.5. The highest BCUT2D eigenvalue weighted by Crippen LogP contribution is 2.39. The smallest absolute Gasteiger partial charge is 0.125 e. The molecule has 0 saturated heterocycles. The van der Waals surface area contributed by atoms with Gasteiger partial charge in [-0.15, -0.1) is 0 Å². The summed E-state index contributed by atoms with van der Waals surface area (Å²) in [5, 5.41) is 0.882. The van der Waals surface area contributed by atoms with Gasteiger partial charge in [-0.3, -0.25) is 0 Å². The van der Waals surface area contributed by atoms with Gasteiger partial charge in [0.25, 0.3) is 0 Å². The largest absolute Gasteiger partial charge is 0.399 e. The summed E-state index contributed by atoms with van der Waals surface area (Å²) in [6, 6.07) is 9.54. The van der Waals surface area contributed by atoms with Gasteiger partial charge in [-0.05, 0) is 37.3 Å². The zero-order valence-corrected chi connectivity index (χ0v) is 11.8. The van der Waals surface area contributed by atoms with E-state index >= 15 is 0 Å². The lowest BCUT2D eigenvalue weighted by molar-refractivity contribution is 0.627. The van der Waals surface area contributed by atoms with Crippen molar-refractivity contribution in [2.75, 3.05) is 17.2 Å². The minimum atomic E-state index is -0.307. The van der Waals surface area contributed by atoms with Gasteiger partial charge in [0.1, 0.15) is 5.82 Å². The first kappa shape index (κ1) is 14.0. The molecule has 2 N–H and O–H groups in total. The highest BCUT2D eigenvalue weighted by Gasteiger charge is 2.16. The van der Waals surface area contributed by atoms with Gasteiger partial charge in [0.15, 0.2) is 0 Å². The van der Waals surface area contributed by atoms with Gasteiger partial charge in [0, 0.05) is 17.9 Å². The maximum Gasteiger partial charge on any atom is 0.125 e. The fourth-order valence-electron chi connectivity index (χ4n) is 1.96. The van der Waals surface area contributed by atoms with E-state index in [-0.39, 0.29) is 5.82 Å². The molecule has 2 rings (SSSR count). The molecule has 0 atom stereocenters. The highest BCUT2D eigenvalue weighted by atomic mass is 35.5. The summed E-state index contributed by atoms with van der Waals surface area (Å²) in [6.45, 7) is 2.54. The first-order valence-corrected chi connectivity index (χ1v) is 6.56. The fourth-order valence-corrected chi connectivity index (χ4v) is 2.66. The van der Waals surface area contributed by atoms with E-state index in [1.165, 1.54) is 12.1 Å². The molecule has 0 unspecified atom stereocenters. The molecular formula is C14H13Cl2FN2. The molecule has 0 saturated carbocycles. The molecule has 0 amide bonds. The van der Waals surface area contributed by atoms with Crippen molar-refractivity contribution in [3.63, 3.8) is 0 Å². The van der Waals surface area contributed by atoms with Crippen LogP contribution in [0.5, 0.6) is 0 Å². The third-order valence-corrected chi connectivity index (χ3v) is 3.32. The Morgan fingerprint density at radius 3 is 2.32 bits per heavy atom. The summed E-state index contributed by atoms with van der Waals surface area (Å²) in [5.41, 5.74) is 7.50. The van der Waals surface area contributed by atoms with Gasteiger partial charge in [-0.25, -0.2) is 4.39 Å². The standard InChI is InChI=1S/C14H13Cl2FN2/c1-2-19(11-5-3-4-9(17)6-11)14-12(15)7-10(18)8-13(14)16/h3-8H,2,18H2,1H3. The Morgan fingerprint density at radius 1 is 1.16 bits per heavy atom. The van der Waals surface area contributed by atoms with E-state index < -0.39 is 0 Å². The molecule has 0 spiro atoms. The quantitative estimate of drug-likeness (QED) is 0.819. The second-order valence-electron chi connectivity index (χ2n) is 4.06. The molecule has 100 valence electrons. The van der Waals surface area contributed by atoms with Crippen LogP contribution < -0.4 is 10.6 Å². The van der Waals surface area contributed by atoms with Gasteiger partial charge in [0.05, 0.1) is 15.7 Å². The van der Waals surface area contributed by atoms with Crippen LogP contribution in [0.25, 0.3) is 0 Å². The minimum absolute atomic E-state index is 0.307. The summed E-state index contributed by atoms with van der Waals surface area (Å²) < 4.78 is 13.3. The molecule has 19 heavy (non-hydrogen) atoms. The van der Waals surface area contributed by atoms with Gasteiger partial charge < -0.3 is 10.6 Å². The van der Waals surface area contributed by atoms with Crippen LogP contribution in [0.2, 0.25) is 10.0 Å². The second kappa shape index (κ2) is 5.68. The van der Waals surface area contributed by atoms with E-state index in [9.17, 15) is 4.39 Å². The van der Waals surface area contributed by atoms with Crippen LogP contribution in [0, 0.1) is 5.82 Å². The predicted molar refractivity (Wildman–Crippen MR) is 80.0 cm³/mol. The number of hydrogen-bond acceptors (Lipinski definition) is 2. The predicted octanol–water partition coefficient (Wildman–Crippen LogP) is 4.87. The molecular weight excluding hydrogens is 286 g/mol. The average molecular weight is 299 g/mol. The summed E-state index contributed by atoms with van der Waals surface area (Å²) >= 11 is 12.4. The first-order chi connectivity index (χ1) is 9.02. The zero-order valence-electron chi connectivity index (χ0n) is 10.3. The zero-order chi connectivity index (χ0) is 14.0. The highest BCUT2D eigenvalue weighted by molar-refractivity contribution is 6.39. The van der Waals surface area contributed by atoms with Crippen LogP contribution in [-0.2, 0) is 0 Å². The molecule has 2 aromatic carbocycles. The van der Waals surface area contributed by atoms with Gasteiger partial charge in [-0.2, -0.15) is 0 Å². The van der Waals surface area contributed by atoms with Crippen LogP contribution in [0.15, 0.2) is 36.4 Å². The number of rotatable bonds is 3. The molecule has 0 bridgehead atoms. The molecule has 0 aliphatic carbocycles. The van der Waals surface area contributed by atoms with Crippen molar-refractivity contribution >= 4 is 40.3 Å². The summed E-state index contributed by atoms with van der Waals surface area (Å²) in [4.78, 5) is 1.84. The van der Waals surface area contributed by atoms with Crippen LogP contribution in [0.4, 0.5) is 21.5 Å². The summed E-state index contributed by atoms with van der Waals surface area (Å²) in [5.74, 6) is -0.307. The first-order valence-electron chi connectivity index (χ1n) is 5.80. The molecule has 0 radical (unpaired) electrons. The van der Waals surface area contributed by atoms with Gasteiger partial charge in [0.2, 0.25) is 0 Å². The topological polar surface area (TPSA) is 29.3 Å². The Labute approximate surface area is 121 Å².